The van der Waals surface area contributed by atoms with E-state index in [1.807, 2.05) is 30.6 Å². The number of nitrogens with zero attached hydrogens (tertiary/aromatic N) is 2. The average molecular weight is 264 g/mol. The van der Waals surface area contributed by atoms with Gasteiger partial charge in [-0.15, -0.1) is 0 Å². The van der Waals surface area contributed by atoms with E-state index >= 15 is 0 Å². The Hall–Kier alpha value is -1.32. The van der Waals surface area contributed by atoms with Gasteiger partial charge in [-0.1, -0.05) is 24.6 Å². The van der Waals surface area contributed by atoms with Crippen molar-refractivity contribution in [2.45, 2.75) is 32.9 Å². The van der Waals surface area contributed by atoms with Gasteiger partial charge in [-0.25, -0.2) is 4.98 Å². The molecule has 0 aliphatic rings. The van der Waals surface area contributed by atoms with Gasteiger partial charge in [0.15, 0.2) is 0 Å². The third-order valence-electron chi connectivity index (χ3n) is 3.00. The molecule has 0 bridgehead atoms. The summed E-state index contributed by atoms with van der Waals surface area (Å²) in [4.78, 5) is 4.42. The maximum Gasteiger partial charge on any atom is 0.113 e. The summed E-state index contributed by atoms with van der Waals surface area (Å²) in [6.45, 7) is 3.67. The molecule has 0 radical (unpaired) electrons. The minimum atomic E-state index is 0.504. The van der Waals surface area contributed by atoms with Crippen molar-refractivity contribution in [3.8, 4) is 0 Å². The van der Waals surface area contributed by atoms with Crippen molar-refractivity contribution < 1.29 is 0 Å². The molecule has 3 nitrogen and oxygen atoms in total. The molecule has 2 N–H and O–H groups in total. The van der Waals surface area contributed by atoms with Crippen molar-refractivity contribution in [3.63, 3.8) is 0 Å². The van der Waals surface area contributed by atoms with Gasteiger partial charge in [0, 0.05) is 36.9 Å². The van der Waals surface area contributed by atoms with Crippen molar-refractivity contribution in [3.05, 3.63) is 52.6 Å². The molecule has 4 heteroatoms. The highest BCUT2D eigenvalue weighted by molar-refractivity contribution is 6.30. The third kappa shape index (κ3) is 2.92. The highest BCUT2D eigenvalue weighted by Crippen LogP contribution is 2.18. The van der Waals surface area contributed by atoms with Gasteiger partial charge in [-0.05, 0) is 29.7 Å². The second-order valence-electron chi connectivity index (χ2n) is 4.33. The van der Waals surface area contributed by atoms with Crippen LogP contribution in [0.25, 0.3) is 0 Å². The number of hydrogen-bond donors (Lipinski definition) is 1. The predicted molar refractivity (Wildman–Crippen MR) is 74.7 cm³/mol. The Bertz CT molecular complexity index is 520. The molecule has 1 aromatic carbocycles. The first-order valence-corrected chi connectivity index (χ1v) is 6.59. The zero-order valence-corrected chi connectivity index (χ0v) is 11.3. The molecular formula is C14H18ClN3. The zero-order valence-electron chi connectivity index (χ0n) is 10.6. The Balaban J connectivity index is 2.25. The Morgan fingerprint density at radius 1 is 1.33 bits per heavy atom. The molecule has 0 spiro atoms. The Kier molecular flexibility index (Phi) is 4.39. The number of rotatable bonds is 5. The van der Waals surface area contributed by atoms with Crippen LogP contribution in [0.2, 0.25) is 5.02 Å². The Morgan fingerprint density at radius 3 is 2.89 bits per heavy atom. The second-order valence-corrected chi connectivity index (χ2v) is 4.77. The highest BCUT2D eigenvalue weighted by atomic mass is 35.5. The monoisotopic (exact) mass is 263 g/mol. The summed E-state index contributed by atoms with van der Waals surface area (Å²) < 4.78 is 2.19. The minimum Gasteiger partial charge on any atom is -0.335 e. The van der Waals surface area contributed by atoms with Crippen LogP contribution in [0, 0.1) is 0 Å². The van der Waals surface area contributed by atoms with Gasteiger partial charge in [0.1, 0.15) is 5.82 Å². The number of nitrogens with two attached hydrogens (primary N) is 1. The van der Waals surface area contributed by atoms with Crippen LogP contribution < -0.4 is 5.73 Å². The molecule has 0 saturated heterocycles. The van der Waals surface area contributed by atoms with Crippen LogP contribution in [0.4, 0.5) is 0 Å². The molecule has 1 aromatic heterocycles. The standard InChI is InChI=1S/C14H18ClN3/c1-2-6-18-7-5-17-14(18)9-11-3-4-13(15)8-12(11)10-16/h3-5,7-8H,2,6,9-10,16H2,1H3. The summed E-state index contributed by atoms with van der Waals surface area (Å²) in [5.41, 5.74) is 8.05. The van der Waals surface area contributed by atoms with Gasteiger partial charge < -0.3 is 10.3 Å². The van der Waals surface area contributed by atoms with Crippen LogP contribution >= 0.6 is 11.6 Å². The molecule has 0 atom stereocenters. The van der Waals surface area contributed by atoms with E-state index in [1.165, 1.54) is 5.56 Å². The second kappa shape index (κ2) is 6.03. The highest BCUT2D eigenvalue weighted by Gasteiger charge is 2.07. The van der Waals surface area contributed by atoms with Gasteiger partial charge in [0.25, 0.3) is 0 Å². The average Bonchev–Trinajstić information content (AvgIpc) is 2.79. The van der Waals surface area contributed by atoms with Crippen molar-refractivity contribution in [2.75, 3.05) is 0 Å². The fourth-order valence-corrected chi connectivity index (χ4v) is 2.27. The number of hydrogen-bond acceptors (Lipinski definition) is 2. The number of aryl methyl sites for hydroxylation is 1. The normalized spacial score (nSPS) is 10.8. The molecule has 0 aliphatic heterocycles. The van der Waals surface area contributed by atoms with Gasteiger partial charge in [-0.2, -0.15) is 0 Å². The first kappa shape index (κ1) is 13.1. The minimum absolute atomic E-state index is 0.504. The maximum atomic E-state index is 5.98. The summed E-state index contributed by atoms with van der Waals surface area (Å²) in [7, 11) is 0. The van der Waals surface area contributed by atoms with Crippen LogP contribution in [0.1, 0.15) is 30.3 Å². The van der Waals surface area contributed by atoms with Gasteiger partial charge in [0.2, 0.25) is 0 Å². The van der Waals surface area contributed by atoms with E-state index in [0.29, 0.717) is 6.54 Å². The summed E-state index contributed by atoms with van der Waals surface area (Å²) in [6.07, 6.45) is 5.78. The van der Waals surface area contributed by atoms with Crippen LogP contribution in [-0.2, 0) is 19.5 Å². The van der Waals surface area contributed by atoms with E-state index < -0.39 is 0 Å². The molecule has 0 aliphatic carbocycles. The Morgan fingerprint density at radius 2 is 2.17 bits per heavy atom. The quantitative estimate of drug-likeness (QED) is 0.901. The molecule has 2 rings (SSSR count). The van der Waals surface area contributed by atoms with Crippen LogP contribution in [0.3, 0.4) is 0 Å². The largest absolute Gasteiger partial charge is 0.335 e. The summed E-state index contributed by atoms with van der Waals surface area (Å²) in [5, 5.41) is 0.733. The lowest BCUT2D eigenvalue weighted by molar-refractivity contribution is 0.646. The van der Waals surface area contributed by atoms with Crippen LogP contribution in [-0.4, -0.2) is 9.55 Å². The zero-order chi connectivity index (χ0) is 13.0. The fourth-order valence-electron chi connectivity index (χ4n) is 2.08. The molecule has 2 aromatic rings. The van der Waals surface area contributed by atoms with Gasteiger partial charge in [-0.3, -0.25) is 0 Å². The smallest absolute Gasteiger partial charge is 0.113 e. The van der Waals surface area contributed by atoms with Crippen molar-refractivity contribution in [1.29, 1.82) is 0 Å². The topological polar surface area (TPSA) is 43.8 Å². The van der Waals surface area contributed by atoms with E-state index in [1.54, 1.807) is 0 Å². The summed E-state index contributed by atoms with van der Waals surface area (Å²) in [5.74, 6) is 1.08. The molecule has 18 heavy (non-hydrogen) atoms. The SMILES string of the molecule is CCCn1ccnc1Cc1ccc(Cl)cc1CN. The van der Waals surface area contributed by atoms with E-state index in [-0.39, 0.29) is 0 Å². The molecule has 0 saturated carbocycles. The van der Waals surface area contributed by atoms with E-state index in [2.05, 4.69) is 16.5 Å². The molecule has 0 unspecified atom stereocenters. The van der Waals surface area contributed by atoms with Gasteiger partial charge >= 0.3 is 0 Å². The maximum absolute atomic E-state index is 5.98. The lowest BCUT2D eigenvalue weighted by atomic mass is 10.0. The summed E-state index contributed by atoms with van der Waals surface area (Å²) >= 11 is 5.98. The van der Waals surface area contributed by atoms with Crippen LogP contribution in [0.15, 0.2) is 30.6 Å². The van der Waals surface area contributed by atoms with E-state index in [9.17, 15) is 0 Å². The number of aromatic nitrogens is 2. The number of halogens is 1. The fraction of sp³-hybridized carbons (Fsp3) is 0.357. The summed E-state index contributed by atoms with van der Waals surface area (Å²) in [6, 6.07) is 5.88. The molecule has 96 valence electrons. The molecule has 0 fully saturated rings. The van der Waals surface area contributed by atoms with Crippen molar-refractivity contribution in [1.82, 2.24) is 9.55 Å². The molecular weight excluding hydrogens is 246 g/mol. The molecule has 1 heterocycles. The molecule has 0 amide bonds. The van der Waals surface area contributed by atoms with Gasteiger partial charge in [0.05, 0.1) is 0 Å². The van der Waals surface area contributed by atoms with Crippen molar-refractivity contribution in [2.24, 2.45) is 5.73 Å². The lowest BCUT2D eigenvalue weighted by Gasteiger charge is -2.10. The van der Waals surface area contributed by atoms with E-state index in [4.69, 9.17) is 17.3 Å². The third-order valence-corrected chi connectivity index (χ3v) is 3.24. The van der Waals surface area contributed by atoms with Crippen LogP contribution in [0.5, 0.6) is 0 Å². The number of imidazole rings is 1. The first-order chi connectivity index (χ1) is 8.74. The van der Waals surface area contributed by atoms with Crippen molar-refractivity contribution >= 4 is 11.6 Å². The number of benzene rings is 1. The Labute approximate surface area is 113 Å². The van der Waals surface area contributed by atoms with E-state index in [0.717, 1.165) is 35.8 Å². The lowest BCUT2D eigenvalue weighted by Crippen LogP contribution is -2.07. The predicted octanol–water partition coefficient (Wildman–Crippen LogP) is 3.00. The first-order valence-electron chi connectivity index (χ1n) is 6.22.